The lowest BCUT2D eigenvalue weighted by atomic mass is 9.87. The molecule has 1 aliphatic heterocycles. The highest BCUT2D eigenvalue weighted by Crippen LogP contribution is 2.33. The van der Waals surface area contributed by atoms with E-state index in [-0.39, 0.29) is 12.5 Å². The fourth-order valence-corrected chi connectivity index (χ4v) is 3.04. The fraction of sp³-hybridized carbons (Fsp3) is 0.467. The van der Waals surface area contributed by atoms with Gasteiger partial charge in [0.25, 0.3) is 0 Å². The number of nitrogens with zero attached hydrogens (tertiary/aromatic N) is 1. The van der Waals surface area contributed by atoms with Crippen LogP contribution >= 0.6 is 0 Å². The van der Waals surface area contributed by atoms with Crippen molar-refractivity contribution in [1.82, 2.24) is 0 Å². The first-order chi connectivity index (χ1) is 9.25. The van der Waals surface area contributed by atoms with E-state index in [4.69, 9.17) is 5.41 Å². The van der Waals surface area contributed by atoms with Crippen LogP contribution in [0.4, 0.5) is 11.4 Å². The topological polar surface area (TPSA) is 56.2 Å². The summed E-state index contributed by atoms with van der Waals surface area (Å²) in [6.45, 7) is 0.270. The number of fused-ring (bicyclic) bond motifs is 1. The lowest BCUT2D eigenvalue weighted by Gasteiger charge is -2.35. The van der Waals surface area contributed by atoms with Gasteiger partial charge in [0.1, 0.15) is 12.4 Å². The van der Waals surface area contributed by atoms with Gasteiger partial charge in [-0.05, 0) is 25.0 Å². The van der Waals surface area contributed by atoms with Crippen LogP contribution in [-0.2, 0) is 4.79 Å². The zero-order chi connectivity index (χ0) is 13.2. The first-order valence-corrected chi connectivity index (χ1v) is 7.00. The van der Waals surface area contributed by atoms with E-state index in [2.05, 4.69) is 5.32 Å². The second-order valence-corrected chi connectivity index (χ2v) is 5.37. The van der Waals surface area contributed by atoms with E-state index in [1.165, 1.54) is 19.3 Å². The Hall–Kier alpha value is -1.84. The number of amides is 1. The molecule has 0 radical (unpaired) electrons. The molecule has 0 saturated heterocycles. The molecule has 0 atom stereocenters. The van der Waals surface area contributed by atoms with Crippen molar-refractivity contribution in [2.45, 2.75) is 32.1 Å². The van der Waals surface area contributed by atoms with Gasteiger partial charge in [-0.3, -0.25) is 10.2 Å². The number of carbonyl (C=O) groups excluding carboxylic acids is 1. The molecule has 1 fully saturated rings. The van der Waals surface area contributed by atoms with E-state index in [1.807, 2.05) is 29.2 Å². The zero-order valence-electron chi connectivity index (χ0n) is 11.0. The molecular weight excluding hydrogens is 238 g/mol. The standard InChI is InChI=1S/C15H19N3O/c16-15(11-6-2-1-3-7-11)18-10-14(19)17-12-8-4-5-9-13(12)18/h4-5,8-9,11,16H,1-3,6-7,10H2,(H,17,19). The second-order valence-electron chi connectivity index (χ2n) is 5.37. The quantitative estimate of drug-likeness (QED) is 0.600. The molecule has 4 nitrogen and oxygen atoms in total. The highest BCUT2D eigenvalue weighted by Gasteiger charge is 2.29. The van der Waals surface area contributed by atoms with Gasteiger partial charge in [0, 0.05) is 5.92 Å². The highest BCUT2D eigenvalue weighted by molar-refractivity contribution is 6.11. The van der Waals surface area contributed by atoms with Crippen LogP contribution in [0.15, 0.2) is 24.3 Å². The van der Waals surface area contributed by atoms with Crippen molar-refractivity contribution in [3.63, 3.8) is 0 Å². The van der Waals surface area contributed by atoms with E-state index in [9.17, 15) is 4.79 Å². The molecule has 0 unspecified atom stereocenters. The van der Waals surface area contributed by atoms with Crippen molar-refractivity contribution >= 4 is 23.1 Å². The van der Waals surface area contributed by atoms with Gasteiger partial charge in [-0.2, -0.15) is 0 Å². The molecule has 2 N–H and O–H groups in total. The molecule has 100 valence electrons. The molecule has 0 spiro atoms. The van der Waals surface area contributed by atoms with Gasteiger partial charge in [-0.25, -0.2) is 0 Å². The van der Waals surface area contributed by atoms with Gasteiger partial charge < -0.3 is 10.2 Å². The molecule has 19 heavy (non-hydrogen) atoms. The molecule has 3 rings (SSSR count). The van der Waals surface area contributed by atoms with Crippen molar-refractivity contribution in [2.75, 3.05) is 16.8 Å². The molecule has 1 amide bonds. The van der Waals surface area contributed by atoms with Crippen LogP contribution in [-0.4, -0.2) is 18.3 Å². The lowest BCUT2D eigenvalue weighted by molar-refractivity contribution is -0.115. The van der Waals surface area contributed by atoms with Crippen molar-refractivity contribution < 1.29 is 4.79 Å². The van der Waals surface area contributed by atoms with Gasteiger partial charge >= 0.3 is 0 Å². The molecule has 1 heterocycles. The van der Waals surface area contributed by atoms with Crippen molar-refractivity contribution in [3.05, 3.63) is 24.3 Å². The van der Waals surface area contributed by atoms with E-state index in [0.717, 1.165) is 24.2 Å². The Balaban J connectivity index is 1.87. The Morgan fingerprint density at radius 2 is 1.95 bits per heavy atom. The minimum Gasteiger partial charge on any atom is -0.323 e. The smallest absolute Gasteiger partial charge is 0.244 e. The van der Waals surface area contributed by atoms with Crippen LogP contribution in [0.2, 0.25) is 0 Å². The minimum atomic E-state index is -0.0285. The molecule has 1 aromatic carbocycles. The maximum absolute atomic E-state index is 11.8. The highest BCUT2D eigenvalue weighted by atomic mass is 16.2. The van der Waals surface area contributed by atoms with E-state index < -0.39 is 0 Å². The number of carbonyl (C=O) groups is 1. The zero-order valence-corrected chi connectivity index (χ0v) is 11.0. The summed E-state index contributed by atoms with van der Waals surface area (Å²) in [5.74, 6) is 0.897. The van der Waals surface area contributed by atoms with Gasteiger partial charge in [0.05, 0.1) is 11.4 Å². The molecule has 1 saturated carbocycles. The van der Waals surface area contributed by atoms with Gasteiger partial charge in [0.15, 0.2) is 0 Å². The summed E-state index contributed by atoms with van der Waals surface area (Å²) in [7, 11) is 0. The maximum atomic E-state index is 11.8. The Bertz CT molecular complexity index is 506. The van der Waals surface area contributed by atoms with Crippen molar-refractivity contribution in [2.24, 2.45) is 5.92 Å². The third kappa shape index (κ3) is 2.35. The Morgan fingerprint density at radius 3 is 2.74 bits per heavy atom. The first kappa shape index (κ1) is 12.2. The lowest BCUT2D eigenvalue weighted by Crippen LogP contribution is -2.44. The number of nitrogens with one attached hydrogen (secondary N) is 2. The molecular formula is C15H19N3O. The third-order valence-electron chi connectivity index (χ3n) is 4.05. The number of amidine groups is 1. The molecule has 1 aromatic rings. The Morgan fingerprint density at radius 1 is 1.21 bits per heavy atom. The molecule has 4 heteroatoms. The molecule has 0 bridgehead atoms. The van der Waals surface area contributed by atoms with Crippen LogP contribution in [0.25, 0.3) is 0 Å². The summed E-state index contributed by atoms with van der Waals surface area (Å²) < 4.78 is 0. The number of anilines is 2. The Kier molecular flexibility index (Phi) is 3.23. The number of para-hydroxylation sites is 2. The average molecular weight is 257 g/mol. The predicted octanol–water partition coefficient (Wildman–Crippen LogP) is 3.00. The third-order valence-corrected chi connectivity index (χ3v) is 4.05. The van der Waals surface area contributed by atoms with Gasteiger partial charge in [-0.1, -0.05) is 31.4 Å². The molecule has 1 aliphatic carbocycles. The Labute approximate surface area is 113 Å². The summed E-state index contributed by atoms with van der Waals surface area (Å²) in [6.07, 6.45) is 5.85. The average Bonchev–Trinajstić information content (AvgIpc) is 2.46. The van der Waals surface area contributed by atoms with E-state index >= 15 is 0 Å². The van der Waals surface area contributed by atoms with Crippen LogP contribution in [0, 0.1) is 11.3 Å². The predicted molar refractivity (Wildman–Crippen MR) is 76.7 cm³/mol. The largest absolute Gasteiger partial charge is 0.323 e. The van der Waals surface area contributed by atoms with Crippen LogP contribution in [0.5, 0.6) is 0 Å². The normalized spacial score (nSPS) is 19.8. The number of hydrogen-bond acceptors (Lipinski definition) is 2. The summed E-state index contributed by atoms with van der Waals surface area (Å²) >= 11 is 0. The van der Waals surface area contributed by atoms with Crippen LogP contribution < -0.4 is 10.2 Å². The maximum Gasteiger partial charge on any atom is 0.244 e. The fourth-order valence-electron chi connectivity index (χ4n) is 3.04. The summed E-state index contributed by atoms with van der Waals surface area (Å²) in [4.78, 5) is 13.7. The minimum absolute atomic E-state index is 0.0285. The molecule has 0 aromatic heterocycles. The van der Waals surface area contributed by atoms with Gasteiger partial charge in [-0.15, -0.1) is 0 Å². The number of rotatable bonds is 1. The summed E-state index contributed by atoms with van der Waals surface area (Å²) in [5, 5.41) is 11.3. The van der Waals surface area contributed by atoms with E-state index in [1.54, 1.807) is 0 Å². The SMILES string of the molecule is N=C(C1CCCCC1)N1CC(=O)Nc2ccccc21. The monoisotopic (exact) mass is 257 g/mol. The van der Waals surface area contributed by atoms with E-state index in [0.29, 0.717) is 11.8 Å². The van der Waals surface area contributed by atoms with Crippen LogP contribution in [0.3, 0.4) is 0 Å². The first-order valence-electron chi connectivity index (χ1n) is 7.00. The number of hydrogen-bond donors (Lipinski definition) is 2. The molecule has 2 aliphatic rings. The second kappa shape index (κ2) is 5.03. The van der Waals surface area contributed by atoms with Crippen molar-refractivity contribution in [1.29, 1.82) is 5.41 Å². The van der Waals surface area contributed by atoms with Crippen molar-refractivity contribution in [3.8, 4) is 0 Å². The number of benzene rings is 1. The summed E-state index contributed by atoms with van der Waals surface area (Å²) in [5.41, 5.74) is 1.77. The van der Waals surface area contributed by atoms with Gasteiger partial charge in [0.2, 0.25) is 5.91 Å². The summed E-state index contributed by atoms with van der Waals surface area (Å²) in [6, 6.07) is 7.74. The van der Waals surface area contributed by atoms with Crippen LogP contribution in [0.1, 0.15) is 32.1 Å².